The minimum Gasteiger partial charge on any atom is -0.382 e. The second-order valence-corrected chi connectivity index (χ2v) is 3.55. The van der Waals surface area contributed by atoms with Gasteiger partial charge in [-0.2, -0.15) is 0 Å². The minimum absolute atomic E-state index is 0.172. The molecule has 15 heavy (non-hydrogen) atoms. The number of carbonyl (C=O) groups excluding carboxylic acids is 1. The fourth-order valence-electron chi connectivity index (χ4n) is 1.59. The molecule has 0 fully saturated rings. The Morgan fingerprint density at radius 1 is 1.40 bits per heavy atom. The van der Waals surface area contributed by atoms with Crippen molar-refractivity contribution in [2.75, 3.05) is 11.1 Å². The zero-order chi connectivity index (χ0) is 10.7. The highest BCUT2D eigenvalue weighted by Gasteiger charge is 2.10. The van der Waals surface area contributed by atoms with Gasteiger partial charge in [0.2, 0.25) is 0 Å². The summed E-state index contributed by atoms with van der Waals surface area (Å²) in [4.78, 5) is 15.2. The Labute approximate surface area is 88.2 Å². The van der Waals surface area contributed by atoms with Crippen molar-refractivity contribution < 1.29 is 4.79 Å². The maximum absolute atomic E-state index is 11.2. The highest BCUT2D eigenvalue weighted by Crippen LogP contribution is 2.21. The fraction of sp³-hybridized carbons (Fsp3) is 0.273. The molecule has 3 N–H and O–H groups in total. The molecule has 1 aromatic rings. The normalized spacial score (nSPS) is 16.0. The molecule has 2 rings (SSSR count). The van der Waals surface area contributed by atoms with Crippen molar-refractivity contribution >= 4 is 17.3 Å². The molecule has 1 heterocycles. The topological polar surface area (TPSA) is 68.0 Å². The Kier molecular flexibility index (Phi) is 2.67. The van der Waals surface area contributed by atoms with E-state index in [1.165, 1.54) is 0 Å². The standard InChI is InChI=1S/C11H13N3O/c12-11-10(5-2-6-13-11)14-8-3-1-4-9(15)7-8/h2,5-7,14H,1,3-4H2,(H2,12,13). The number of nitrogens with two attached hydrogens (primary N) is 1. The fourth-order valence-corrected chi connectivity index (χ4v) is 1.59. The molecule has 0 aromatic carbocycles. The molecule has 0 spiro atoms. The number of pyridine rings is 1. The van der Waals surface area contributed by atoms with Gasteiger partial charge in [-0.25, -0.2) is 4.98 Å². The van der Waals surface area contributed by atoms with Crippen LogP contribution in [0.2, 0.25) is 0 Å². The molecule has 0 bridgehead atoms. The van der Waals surface area contributed by atoms with Gasteiger partial charge in [0.05, 0.1) is 5.69 Å². The number of rotatable bonds is 2. The van der Waals surface area contributed by atoms with Crippen molar-refractivity contribution in [1.82, 2.24) is 4.98 Å². The lowest BCUT2D eigenvalue weighted by Crippen LogP contribution is -2.10. The maximum atomic E-state index is 11.2. The summed E-state index contributed by atoms with van der Waals surface area (Å²) in [6.07, 6.45) is 5.72. The Morgan fingerprint density at radius 2 is 2.27 bits per heavy atom. The van der Waals surface area contributed by atoms with E-state index in [4.69, 9.17) is 5.73 Å². The molecular weight excluding hydrogens is 190 g/mol. The molecule has 0 saturated heterocycles. The van der Waals surface area contributed by atoms with E-state index in [0.29, 0.717) is 12.2 Å². The molecule has 78 valence electrons. The summed E-state index contributed by atoms with van der Waals surface area (Å²) in [6, 6.07) is 3.66. The number of nitrogen functional groups attached to an aromatic ring is 1. The van der Waals surface area contributed by atoms with Gasteiger partial charge in [-0.15, -0.1) is 0 Å². The Bertz CT molecular complexity index is 412. The number of aromatic nitrogens is 1. The van der Waals surface area contributed by atoms with Gasteiger partial charge in [0.15, 0.2) is 5.78 Å². The smallest absolute Gasteiger partial charge is 0.157 e. The van der Waals surface area contributed by atoms with Crippen molar-refractivity contribution in [3.63, 3.8) is 0 Å². The highest BCUT2D eigenvalue weighted by molar-refractivity contribution is 5.91. The van der Waals surface area contributed by atoms with Crippen LogP contribution in [0.1, 0.15) is 19.3 Å². The number of anilines is 2. The summed E-state index contributed by atoms with van der Waals surface area (Å²) < 4.78 is 0. The molecule has 0 aliphatic heterocycles. The molecule has 1 aliphatic carbocycles. The highest BCUT2D eigenvalue weighted by atomic mass is 16.1. The van der Waals surface area contributed by atoms with E-state index in [1.54, 1.807) is 12.3 Å². The first-order valence-electron chi connectivity index (χ1n) is 4.96. The minimum atomic E-state index is 0.172. The molecule has 1 aromatic heterocycles. The summed E-state index contributed by atoms with van der Waals surface area (Å²) in [5.41, 5.74) is 7.37. The maximum Gasteiger partial charge on any atom is 0.157 e. The average Bonchev–Trinajstić information content (AvgIpc) is 2.22. The quantitative estimate of drug-likeness (QED) is 0.767. The molecule has 0 saturated carbocycles. The van der Waals surface area contributed by atoms with Crippen LogP contribution < -0.4 is 11.1 Å². The van der Waals surface area contributed by atoms with E-state index in [2.05, 4.69) is 10.3 Å². The van der Waals surface area contributed by atoms with Gasteiger partial charge in [-0.05, 0) is 25.0 Å². The monoisotopic (exact) mass is 203 g/mol. The van der Waals surface area contributed by atoms with E-state index < -0.39 is 0 Å². The van der Waals surface area contributed by atoms with Crippen LogP contribution in [0.5, 0.6) is 0 Å². The van der Waals surface area contributed by atoms with Crippen LogP contribution in [0.15, 0.2) is 30.1 Å². The van der Waals surface area contributed by atoms with Crippen molar-refractivity contribution in [3.8, 4) is 0 Å². The summed E-state index contributed by atoms with van der Waals surface area (Å²) >= 11 is 0. The van der Waals surface area contributed by atoms with Crippen molar-refractivity contribution in [2.24, 2.45) is 0 Å². The van der Waals surface area contributed by atoms with Gasteiger partial charge in [0.1, 0.15) is 5.82 Å². The first-order chi connectivity index (χ1) is 7.25. The molecule has 0 amide bonds. The zero-order valence-corrected chi connectivity index (χ0v) is 8.36. The number of nitrogens with one attached hydrogen (secondary N) is 1. The first-order valence-corrected chi connectivity index (χ1v) is 4.96. The lowest BCUT2D eigenvalue weighted by molar-refractivity contribution is -0.115. The van der Waals surface area contributed by atoms with Crippen LogP contribution in [0.3, 0.4) is 0 Å². The number of nitrogens with zero attached hydrogens (tertiary/aromatic N) is 1. The first kappa shape index (κ1) is 9.71. The Morgan fingerprint density at radius 3 is 3.00 bits per heavy atom. The summed E-state index contributed by atoms with van der Waals surface area (Å²) in [7, 11) is 0. The molecule has 4 nitrogen and oxygen atoms in total. The van der Waals surface area contributed by atoms with E-state index in [1.807, 2.05) is 12.1 Å². The molecule has 0 radical (unpaired) electrons. The predicted octanol–water partition coefficient (Wildman–Crippen LogP) is 1.71. The lowest BCUT2D eigenvalue weighted by Gasteiger charge is -2.15. The average molecular weight is 203 g/mol. The van der Waals surface area contributed by atoms with Crippen molar-refractivity contribution in [1.29, 1.82) is 0 Å². The third-order valence-electron chi connectivity index (χ3n) is 2.34. The van der Waals surface area contributed by atoms with Crippen LogP contribution in [0.4, 0.5) is 11.5 Å². The van der Waals surface area contributed by atoms with Gasteiger partial charge in [0.25, 0.3) is 0 Å². The summed E-state index contributed by atoms with van der Waals surface area (Å²) in [6.45, 7) is 0. The summed E-state index contributed by atoms with van der Waals surface area (Å²) in [5.74, 6) is 0.627. The second kappa shape index (κ2) is 4.13. The molecule has 0 unspecified atom stereocenters. The van der Waals surface area contributed by atoms with Gasteiger partial charge >= 0.3 is 0 Å². The largest absolute Gasteiger partial charge is 0.382 e. The lowest BCUT2D eigenvalue weighted by atomic mass is 10.0. The zero-order valence-electron chi connectivity index (χ0n) is 8.36. The number of carbonyl (C=O) groups is 1. The Balaban J connectivity index is 2.15. The SMILES string of the molecule is Nc1ncccc1NC1=CC(=O)CCC1. The van der Waals surface area contributed by atoms with Crippen LogP contribution in [-0.4, -0.2) is 10.8 Å². The summed E-state index contributed by atoms with van der Waals surface area (Å²) in [5, 5.41) is 3.13. The molecular formula is C11H13N3O. The van der Waals surface area contributed by atoms with Gasteiger partial charge in [0, 0.05) is 24.4 Å². The third kappa shape index (κ3) is 2.34. The van der Waals surface area contributed by atoms with Gasteiger partial charge < -0.3 is 11.1 Å². The third-order valence-corrected chi connectivity index (χ3v) is 2.34. The number of hydrogen-bond donors (Lipinski definition) is 2. The van der Waals surface area contributed by atoms with E-state index in [-0.39, 0.29) is 5.78 Å². The van der Waals surface area contributed by atoms with Crippen molar-refractivity contribution in [2.45, 2.75) is 19.3 Å². The molecule has 1 aliphatic rings. The van der Waals surface area contributed by atoms with Gasteiger partial charge in [-0.1, -0.05) is 0 Å². The number of ketones is 1. The van der Waals surface area contributed by atoms with Crippen LogP contribution in [0.25, 0.3) is 0 Å². The van der Waals surface area contributed by atoms with E-state index >= 15 is 0 Å². The van der Waals surface area contributed by atoms with E-state index in [9.17, 15) is 4.79 Å². The van der Waals surface area contributed by atoms with Gasteiger partial charge in [-0.3, -0.25) is 4.79 Å². The Hall–Kier alpha value is -1.84. The van der Waals surface area contributed by atoms with E-state index in [0.717, 1.165) is 24.2 Å². The predicted molar refractivity (Wildman–Crippen MR) is 59.2 cm³/mol. The number of hydrogen-bond acceptors (Lipinski definition) is 4. The van der Waals surface area contributed by atoms with Crippen molar-refractivity contribution in [3.05, 3.63) is 30.1 Å². The van der Waals surface area contributed by atoms with Crippen LogP contribution in [-0.2, 0) is 4.79 Å². The molecule has 4 heteroatoms. The van der Waals surface area contributed by atoms with Crippen LogP contribution >= 0.6 is 0 Å². The molecule has 0 atom stereocenters. The number of allylic oxidation sites excluding steroid dienone is 2. The second-order valence-electron chi connectivity index (χ2n) is 3.55. The van der Waals surface area contributed by atoms with Crippen LogP contribution in [0, 0.1) is 0 Å².